The number of halogens is 6. The van der Waals surface area contributed by atoms with Crippen molar-refractivity contribution in [2.75, 3.05) is 7.11 Å². The highest BCUT2D eigenvalue weighted by Crippen LogP contribution is 2.47. The Kier molecular flexibility index (Phi) is 5.54. The number of rotatable bonds is 3. The lowest BCUT2D eigenvalue weighted by Gasteiger charge is -2.23. The third kappa shape index (κ3) is 3.71. The van der Waals surface area contributed by atoms with Crippen molar-refractivity contribution in [1.82, 2.24) is 0 Å². The number of ether oxygens (including phenoxy) is 1. The minimum Gasteiger partial charge on any atom is -0.496 e. The fourth-order valence-corrected chi connectivity index (χ4v) is 3.71. The lowest BCUT2D eigenvalue weighted by atomic mass is 9.90. The van der Waals surface area contributed by atoms with Gasteiger partial charge in [0.05, 0.1) is 28.3 Å². The summed E-state index contributed by atoms with van der Waals surface area (Å²) in [6.45, 7) is 0. The van der Waals surface area contributed by atoms with Gasteiger partial charge in [-0.1, -0.05) is 53.5 Å². The fraction of sp³-hybridized carbons (Fsp3) is 0.200. The van der Waals surface area contributed by atoms with Crippen molar-refractivity contribution in [3.63, 3.8) is 0 Å². The summed E-state index contributed by atoms with van der Waals surface area (Å²) in [4.78, 5) is 0. The average Bonchev–Trinajstić information content (AvgIpc) is 2.63. The molecule has 0 saturated heterocycles. The summed E-state index contributed by atoms with van der Waals surface area (Å²) in [5.74, 6) is -0.304. The van der Waals surface area contributed by atoms with Crippen LogP contribution in [0, 0.1) is 5.82 Å². The Bertz CT molecular complexity index is 931. The molecule has 3 rings (SSSR count). The highest BCUT2D eigenvalue weighted by molar-refractivity contribution is 6.46. The number of hydrogen-bond acceptors (Lipinski definition) is 1. The largest absolute Gasteiger partial charge is 0.496 e. The van der Waals surface area contributed by atoms with Gasteiger partial charge in [-0.2, -0.15) is 13.2 Å². The standard InChI is InChI=1S/C20H14Cl2F4O/c1-27-15-10-8-13(19(23)16(15)11-5-3-2-4-6-11)12-7-9-14(20(24,25)26)18(22)17(12)21/h2-6,8,10H,7,9H2,1H3. The van der Waals surface area contributed by atoms with Gasteiger partial charge in [0.15, 0.2) is 0 Å². The van der Waals surface area contributed by atoms with E-state index in [0.717, 1.165) is 0 Å². The zero-order valence-electron chi connectivity index (χ0n) is 14.1. The summed E-state index contributed by atoms with van der Waals surface area (Å²) >= 11 is 12.0. The maximum atomic E-state index is 15.4. The second kappa shape index (κ2) is 7.56. The molecule has 0 radical (unpaired) electrons. The van der Waals surface area contributed by atoms with Crippen LogP contribution < -0.4 is 4.74 Å². The highest BCUT2D eigenvalue weighted by atomic mass is 35.5. The first-order chi connectivity index (χ1) is 12.8. The Labute approximate surface area is 163 Å². The van der Waals surface area contributed by atoms with Crippen molar-refractivity contribution in [1.29, 1.82) is 0 Å². The predicted octanol–water partition coefficient (Wildman–Crippen LogP) is 7.30. The van der Waals surface area contributed by atoms with E-state index in [1.165, 1.54) is 13.2 Å². The van der Waals surface area contributed by atoms with E-state index in [-0.39, 0.29) is 34.6 Å². The van der Waals surface area contributed by atoms with Crippen LogP contribution in [0.4, 0.5) is 17.6 Å². The van der Waals surface area contributed by atoms with Crippen LogP contribution in [-0.2, 0) is 0 Å². The summed E-state index contributed by atoms with van der Waals surface area (Å²) in [7, 11) is 1.42. The summed E-state index contributed by atoms with van der Waals surface area (Å²) in [5.41, 5.74) is 0.259. The van der Waals surface area contributed by atoms with Gasteiger partial charge in [-0.05, 0) is 36.1 Å². The minimum atomic E-state index is -4.57. The molecular weight excluding hydrogens is 403 g/mol. The molecule has 142 valence electrons. The zero-order chi connectivity index (χ0) is 19.8. The first-order valence-electron chi connectivity index (χ1n) is 8.02. The minimum absolute atomic E-state index is 0.0681. The van der Waals surface area contributed by atoms with Crippen molar-refractivity contribution < 1.29 is 22.3 Å². The number of methoxy groups -OCH3 is 1. The molecule has 0 aliphatic heterocycles. The molecule has 1 aliphatic rings. The van der Waals surface area contributed by atoms with Crippen LogP contribution in [0.3, 0.4) is 0 Å². The Balaban J connectivity index is 2.20. The number of benzene rings is 2. The van der Waals surface area contributed by atoms with Crippen molar-refractivity contribution in [3.8, 4) is 16.9 Å². The Morgan fingerprint density at radius 2 is 1.59 bits per heavy atom. The monoisotopic (exact) mass is 416 g/mol. The van der Waals surface area contributed by atoms with E-state index in [0.29, 0.717) is 11.3 Å². The molecule has 1 nitrogen and oxygen atoms in total. The van der Waals surface area contributed by atoms with Gasteiger partial charge in [0.1, 0.15) is 11.6 Å². The van der Waals surface area contributed by atoms with Crippen LogP contribution in [0.25, 0.3) is 16.7 Å². The smallest absolute Gasteiger partial charge is 0.414 e. The molecule has 0 spiro atoms. The van der Waals surface area contributed by atoms with E-state index in [9.17, 15) is 13.2 Å². The van der Waals surface area contributed by atoms with Crippen LogP contribution >= 0.6 is 23.2 Å². The maximum Gasteiger partial charge on any atom is 0.414 e. The van der Waals surface area contributed by atoms with E-state index < -0.39 is 22.6 Å². The topological polar surface area (TPSA) is 9.23 Å². The van der Waals surface area contributed by atoms with Crippen molar-refractivity contribution in [2.24, 2.45) is 0 Å². The quantitative estimate of drug-likeness (QED) is 0.476. The summed E-state index contributed by atoms with van der Waals surface area (Å²) in [6, 6.07) is 11.7. The van der Waals surface area contributed by atoms with Gasteiger partial charge < -0.3 is 4.74 Å². The SMILES string of the molecule is COc1ccc(C2=C(Cl)C(Cl)=C(C(F)(F)F)CC2)c(F)c1-c1ccccc1. The van der Waals surface area contributed by atoms with E-state index in [1.807, 2.05) is 0 Å². The molecule has 0 aromatic heterocycles. The van der Waals surface area contributed by atoms with Gasteiger partial charge in [0.25, 0.3) is 0 Å². The van der Waals surface area contributed by atoms with Gasteiger partial charge in [-0.3, -0.25) is 0 Å². The lowest BCUT2D eigenvalue weighted by molar-refractivity contribution is -0.0942. The maximum absolute atomic E-state index is 15.4. The van der Waals surface area contributed by atoms with E-state index in [2.05, 4.69) is 0 Å². The molecule has 0 bridgehead atoms. The number of hydrogen-bond donors (Lipinski definition) is 0. The molecule has 1 aliphatic carbocycles. The molecular formula is C20H14Cl2F4O. The second-order valence-corrected chi connectivity index (χ2v) is 6.71. The molecule has 7 heteroatoms. The van der Waals surface area contributed by atoms with Gasteiger partial charge in [-0.25, -0.2) is 4.39 Å². The third-order valence-electron chi connectivity index (χ3n) is 4.40. The predicted molar refractivity (Wildman–Crippen MR) is 99.3 cm³/mol. The molecule has 0 saturated carbocycles. The first-order valence-corrected chi connectivity index (χ1v) is 8.78. The van der Waals surface area contributed by atoms with Crippen LogP contribution in [0.5, 0.6) is 5.75 Å². The summed E-state index contributed by atoms with van der Waals surface area (Å²) < 4.78 is 59.8. The normalized spacial score (nSPS) is 15.4. The Morgan fingerprint density at radius 3 is 2.19 bits per heavy atom. The fourth-order valence-electron chi connectivity index (χ4n) is 3.09. The average molecular weight is 417 g/mol. The van der Waals surface area contributed by atoms with Crippen LogP contribution in [-0.4, -0.2) is 13.3 Å². The molecule has 2 aromatic carbocycles. The first kappa shape index (κ1) is 19.8. The van der Waals surface area contributed by atoms with Gasteiger partial charge in [-0.15, -0.1) is 0 Å². The molecule has 0 amide bonds. The van der Waals surface area contributed by atoms with Gasteiger partial charge >= 0.3 is 6.18 Å². The Hall–Kier alpha value is -1.98. The zero-order valence-corrected chi connectivity index (χ0v) is 15.6. The van der Waals surface area contributed by atoms with E-state index >= 15 is 4.39 Å². The highest BCUT2D eigenvalue weighted by Gasteiger charge is 2.39. The summed E-state index contributed by atoms with van der Waals surface area (Å²) in [6.07, 6.45) is -5.00. The lowest BCUT2D eigenvalue weighted by Crippen LogP contribution is -2.16. The molecule has 0 fully saturated rings. The molecule has 2 aromatic rings. The van der Waals surface area contributed by atoms with Crippen LogP contribution in [0.1, 0.15) is 18.4 Å². The van der Waals surface area contributed by atoms with Gasteiger partial charge in [0.2, 0.25) is 0 Å². The van der Waals surface area contributed by atoms with Crippen molar-refractivity contribution in [3.05, 3.63) is 69.5 Å². The number of allylic oxidation sites excluding steroid dienone is 4. The third-order valence-corrected chi connectivity index (χ3v) is 5.33. The molecule has 0 heterocycles. The van der Waals surface area contributed by atoms with E-state index in [4.69, 9.17) is 27.9 Å². The van der Waals surface area contributed by atoms with E-state index in [1.54, 1.807) is 36.4 Å². The Morgan fingerprint density at radius 1 is 0.926 bits per heavy atom. The second-order valence-electron chi connectivity index (χ2n) is 5.95. The van der Waals surface area contributed by atoms with Crippen LogP contribution in [0.2, 0.25) is 0 Å². The molecule has 0 atom stereocenters. The van der Waals surface area contributed by atoms with Crippen LogP contribution in [0.15, 0.2) is 58.1 Å². The van der Waals surface area contributed by atoms with Crippen molar-refractivity contribution in [2.45, 2.75) is 19.0 Å². The molecule has 0 unspecified atom stereocenters. The molecule has 27 heavy (non-hydrogen) atoms. The number of alkyl halides is 3. The molecule has 0 N–H and O–H groups in total. The summed E-state index contributed by atoms with van der Waals surface area (Å²) in [5, 5.41) is -0.861. The van der Waals surface area contributed by atoms with Gasteiger partial charge in [0, 0.05) is 5.56 Å². The van der Waals surface area contributed by atoms with Crippen molar-refractivity contribution >= 4 is 28.8 Å².